The number of carboxylic acid groups (broad SMARTS) is 1. The molecule has 0 atom stereocenters. The van der Waals surface area contributed by atoms with Crippen molar-refractivity contribution in [2.45, 2.75) is 33.2 Å². The second-order valence-corrected chi connectivity index (χ2v) is 4.96. The molecule has 6 heteroatoms. The highest BCUT2D eigenvalue weighted by molar-refractivity contribution is 5.78. The van der Waals surface area contributed by atoms with E-state index in [1.54, 1.807) is 26.0 Å². The van der Waals surface area contributed by atoms with E-state index in [0.717, 1.165) is 0 Å². The second kappa shape index (κ2) is 7.61. The third-order valence-electron chi connectivity index (χ3n) is 3.74. The number of carboxylic acids is 1. The molecule has 2 amide bonds. The van der Waals surface area contributed by atoms with Crippen molar-refractivity contribution in [3.05, 3.63) is 35.6 Å². The minimum atomic E-state index is -0.948. The molecule has 0 aliphatic carbocycles. The summed E-state index contributed by atoms with van der Waals surface area (Å²) in [6, 6.07) is 5.45. The van der Waals surface area contributed by atoms with Crippen LogP contribution in [0.1, 0.15) is 32.3 Å². The van der Waals surface area contributed by atoms with E-state index >= 15 is 0 Å². The summed E-state index contributed by atoms with van der Waals surface area (Å²) >= 11 is 0. The molecule has 0 radical (unpaired) electrons. The van der Waals surface area contributed by atoms with Gasteiger partial charge in [0.25, 0.3) is 0 Å². The highest BCUT2D eigenvalue weighted by Gasteiger charge is 2.35. The highest BCUT2D eigenvalue weighted by Crippen LogP contribution is 2.25. The zero-order chi connectivity index (χ0) is 15.9. The van der Waals surface area contributed by atoms with Gasteiger partial charge in [0, 0.05) is 13.1 Å². The summed E-state index contributed by atoms with van der Waals surface area (Å²) in [6.45, 7) is 3.81. The summed E-state index contributed by atoms with van der Waals surface area (Å²) in [5.41, 5.74) is -0.309. The van der Waals surface area contributed by atoms with Gasteiger partial charge in [-0.3, -0.25) is 4.79 Å². The molecule has 1 aromatic rings. The molecule has 0 saturated heterocycles. The van der Waals surface area contributed by atoms with Crippen LogP contribution in [-0.2, 0) is 11.3 Å². The van der Waals surface area contributed by atoms with Gasteiger partial charge in [0.2, 0.25) is 0 Å². The lowest BCUT2D eigenvalue weighted by molar-refractivity contribution is -0.149. The van der Waals surface area contributed by atoms with E-state index in [4.69, 9.17) is 0 Å². The summed E-state index contributed by atoms with van der Waals surface area (Å²) in [4.78, 5) is 23.0. The fourth-order valence-corrected chi connectivity index (χ4v) is 2.02. The molecule has 116 valence electrons. The van der Waals surface area contributed by atoms with Gasteiger partial charge in [-0.25, -0.2) is 9.18 Å². The number of hydrogen-bond acceptors (Lipinski definition) is 2. The Morgan fingerprint density at radius 1 is 1.24 bits per heavy atom. The molecular formula is C15H21FN2O3. The summed E-state index contributed by atoms with van der Waals surface area (Å²) in [7, 11) is 0. The normalized spacial score (nSPS) is 11.0. The predicted molar refractivity (Wildman–Crippen MR) is 77.3 cm³/mol. The molecule has 0 aromatic heterocycles. The zero-order valence-electron chi connectivity index (χ0n) is 12.3. The predicted octanol–water partition coefficient (Wildman–Crippen LogP) is 2.52. The molecule has 0 aliphatic heterocycles. The molecule has 1 rings (SSSR count). The Balaban J connectivity index is 2.49. The van der Waals surface area contributed by atoms with Gasteiger partial charge in [-0.1, -0.05) is 26.0 Å². The number of nitrogens with one attached hydrogen (secondary N) is 2. The first kappa shape index (κ1) is 16.9. The Bertz CT molecular complexity index is 501. The number of hydrogen-bond donors (Lipinski definition) is 3. The fraction of sp³-hybridized carbons (Fsp3) is 0.467. The van der Waals surface area contributed by atoms with Crippen molar-refractivity contribution in [1.82, 2.24) is 10.6 Å². The Morgan fingerprint density at radius 3 is 2.43 bits per heavy atom. The van der Waals surface area contributed by atoms with Gasteiger partial charge in [-0.15, -0.1) is 0 Å². The molecule has 5 nitrogen and oxygen atoms in total. The van der Waals surface area contributed by atoms with Gasteiger partial charge in [0.15, 0.2) is 0 Å². The number of halogens is 1. The number of amides is 2. The molecular weight excluding hydrogens is 275 g/mol. The monoisotopic (exact) mass is 296 g/mol. The molecule has 0 unspecified atom stereocenters. The summed E-state index contributed by atoms with van der Waals surface area (Å²) in [5.74, 6) is -1.28. The molecule has 0 aliphatic rings. The largest absolute Gasteiger partial charge is 0.481 e. The van der Waals surface area contributed by atoms with Crippen molar-refractivity contribution >= 4 is 12.0 Å². The second-order valence-electron chi connectivity index (χ2n) is 4.96. The van der Waals surface area contributed by atoms with E-state index in [-0.39, 0.29) is 18.9 Å². The number of aliphatic carboxylic acids is 1. The van der Waals surface area contributed by atoms with Gasteiger partial charge in [-0.2, -0.15) is 0 Å². The van der Waals surface area contributed by atoms with Crippen LogP contribution in [0.3, 0.4) is 0 Å². The molecule has 0 bridgehead atoms. The summed E-state index contributed by atoms with van der Waals surface area (Å²) in [6.07, 6.45) is 0.867. The molecule has 0 heterocycles. The lowest BCUT2D eigenvalue weighted by Crippen LogP contribution is -2.45. The van der Waals surface area contributed by atoms with Crippen molar-refractivity contribution in [3.8, 4) is 0 Å². The number of benzene rings is 1. The van der Waals surface area contributed by atoms with Crippen molar-refractivity contribution in [2.75, 3.05) is 6.54 Å². The number of carbonyl (C=O) groups is 2. The molecule has 3 N–H and O–H groups in total. The molecule has 0 saturated carbocycles. The van der Waals surface area contributed by atoms with Gasteiger partial charge in [-0.05, 0) is 30.5 Å². The standard InChI is InChI=1S/C15H21FN2O3/c1-3-15(4-2,13(19)20)10-18-14(21)17-9-11-6-5-7-12(16)8-11/h5-8H,3-4,9-10H2,1-2H3,(H,19,20)(H2,17,18,21). The molecule has 1 aromatic carbocycles. The van der Waals surface area contributed by atoms with E-state index in [9.17, 15) is 19.1 Å². The average molecular weight is 296 g/mol. The average Bonchev–Trinajstić information content (AvgIpc) is 2.46. The van der Waals surface area contributed by atoms with Gasteiger partial charge < -0.3 is 15.7 Å². The molecule has 0 fully saturated rings. The Labute approximate surface area is 123 Å². The maximum atomic E-state index is 13.0. The van der Waals surface area contributed by atoms with E-state index in [0.29, 0.717) is 18.4 Å². The quantitative estimate of drug-likeness (QED) is 0.723. The van der Waals surface area contributed by atoms with Gasteiger partial charge in [0.05, 0.1) is 5.41 Å². The minimum absolute atomic E-state index is 0.0598. The first-order chi connectivity index (χ1) is 9.93. The van der Waals surface area contributed by atoms with Crippen LogP contribution >= 0.6 is 0 Å². The van der Waals surface area contributed by atoms with Crippen molar-refractivity contribution < 1.29 is 19.1 Å². The van der Waals surface area contributed by atoms with E-state index in [1.807, 2.05) is 0 Å². The van der Waals surface area contributed by atoms with Crippen molar-refractivity contribution in [3.63, 3.8) is 0 Å². The van der Waals surface area contributed by atoms with Crippen LogP contribution in [0.25, 0.3) is 0 Å². The van der Waals surface area contributed by atoms with Crippen LogP contribution in [0.4, 0.5) is 9.18 Å². The van der Waals surface area contributed by atoms with Crippen molar-refractivity contribution in [2.24, 2.45) is 5.41 Å². The van der Waals surface area contributed by atoms with Gasteiger partial charge >= 0.3 is 12.0 Å². The lowest BCUT2D eigenvalue weighted by Gasteiger charge is -2.26. The van der Waals surface area contributed by atoms with Crippen LogP contribution in [0.15, 0.2) is 24.3 Å². The molecule has 21 heavy (non-hydrogen) atoms. The van der Waals surface area contributed by atoms with E-state index in [1.165, 1.54) is 12.1 Å². The van der Waals surface area contributed by atoms with Crippen LogP contribution in [0.5, 0.6) is 0 Å². The smallest absolute Gasteiger partial charge is 0.315 e. The maximum absolute atomic E-state index is 13.0. The Morgan fingerprint density at radius 2 is 1.90 bits per heavy atom. The van der Waals surface area contributed by atoms with Crippen LogP contribution in [0, 0.1) is 11.2 Å². The SMILES string of the molecule is CCC(CC)(CNC(=O)NCc1cccc(F)c1)C(=O)O. The fourth-order valence-electron chi connectivity index (χ4n) is 2.02. The maximum Gasteiger partial charge on any atom is 0.315 e. The zero-order valence-corrected chi connectivity index (χ0v) is 12.3. The van der Waals surface area contributed by atoms with E-state index < -0.39 is 17.4 Å². The Hall–Kier alpha value is -2.11. The van der Waals surface area contributed by atoms with Gasteiger partial charge in [0.1, 0.15) is 5.82 Å². The number of urea groups is 1. The van der Waals surface area contributed by atoms with Crippen LogP contribution < -0.4 is 10.6 Å². The number of carbonyl (C=O) groups excluding carboxylic acids is 1. The van der Waals surface area contributed by atoms with E-state index in [2.05, 4.69) is 10.6 Å². The minimum Gasteiger partial charge on any atom is -0.481 e. The van der Waals surface area contributed by atoms with Crippen LogP contribution in [-0.4, -0.2) is 23.7 Å². The lowest BCUT2D eigenvalue weighted by atomic mass is 9.82. The summed E-state index contributed by atoms with van der Waals surface area (Å²) in [5, 5.41) is 14.4. The number of rotatable bonds is 7. The highest BCUT2D eigenvalue weighted by atomic mass is 19.1. The summed E-state index contributed by atoms with van der Waals surface area (Å²) < 4.78 is 13.0. The van der Waals surface area contributed by atoms with Crippen LogP contribution in [0.2, 0.25) is 0 Å². The third-order valence-corrected chi connectivity index (χ3v) is 3.74. The third kappa shape index (κ3) is 4.73. The first-order valence-corrected chi connectivity index (χ1v) is 6.93. The van der Waals surface area contributed by atoms with Crippen molar-refractivity contribution in [1.29, 1.82) is 0 Å². The first-order valence-electron chi connectivity index (χ1n) is 6.93. The topological polar surface area (TPSA) is 78.4 Å². The molecule has 0 spiro atoms. The Kier molecular flexibility index (Phi) is 6.14.